The SMILES string of the molecule is C#C/C(C)=C\CON. The zero-order chi connectivity index (χ0) is 6.41. The highest BCUT2D eigenvalue weighted by molar-refractivity contribution is 5.22. The van der Waals surface area contributed by atoms with Crippen LogP contribution in [0.4, 0.5) is 0 Å². The molecule has 2 N–H and O–H groups in total. The van der Waals surface area contributed by atoms with Gasteiger partial charge < -0.3 is 4.84 Å². The topological polar surface area (TPSA) is 35.2 Å². The Morgan fingerprint density at radius 1 is 2.00 bits per heavy atom. The van der Waals surface area contributed by atoms with Crippen molar-refractivity contribution < 1.29 is 4.84 Å². The predicted molar refractivity (Wildman–Crippen MR) is 32.7 cm³/mol. The lowest BCUT2D eigenvalue weighted by Crippen LogP contribution is -1.97. The second-order valence-electron chi connectivity index (χ2n) is 1.36. The molecule has 0 aliphatic heterocycles. The van der Waals surface area contributed by atoms with Gasteiger partial charge in [-0.05, 0) is 18.6 Å². The summed E-state index contributed by atoms with van der Waals surface area (Å²) in [6.07, 6.45) is 6.73. The molecule has 0 heterocycles. The molecule has 0 atom stereocenters. The van der Waals surface area contributed by atoms with E-state index in [1.807, 2.05) is 6.92 Å². The van der Waals surface area contributed by atoms with Crippen molar-refractivity contribution in [1.29, 1.82) is 0 Å². The Bertz CT molecular complexity index is 121. The lowest BCUT2D eigenvalue weighted by Gasteiger charge is -1.86. The molecule has 0 unspecified atom stereocenters. The van der Waals surface area contributed by atoms with Crippen LogP contribution in [-0.4, -0.2) is 6.61 Å². The van der Waals surface area contributed by atoms with E-state index >= 15 is 0 Å². The minimum atomic E-state index is 0.385. The van der Waals surface area contributed by atoms with E-state index in [2.05, 4.69) is 10.8 Å². The fraction of sp³-hybridized carbons (Fsp3) is 0.333. The van der Waals surface area contributed by atoms with Crippen LogP contribution in [0.25, 0.3) is 0 Å². The first-order valence-electron chi connectivity index (χ1n) is 2.26. The van der Waals surface area contributed by atoms with E-state index in [-0.39, 0.29) is 0 Å². The Hall–Kier alpha value is -0.780. The normalized spacial score (nSPS) is 10.9. The first kappa shape index (κ1) is 7.22. The average molecular weight is 111 g/mol. The highest BCUT2D eigenvalue weighted by Gasteiger charge is 1.76. The largest absolute Gasteiger partial charge is 0.300 e. The quantitative estimate of drug-likeness (QED) is 0.415. The second kappa shape index (κ2) is 4.38. The molecule has 0 saturated heterocycles. The number of rotatable bonds is 2. The van der Waals surface area contributed by atoms with Crippen molar-refractivity contribution in [2.75, 3.05) is 6.61 Å². The zero-order valence-corrected chi connectivity index (χ0v) is 4.85. The van der Waals surface area contributed by atoms with Crippen molar-refractivity contribution in [2.45, 2.75) is 6.92 Å². The molecule has 0 aromatic carbocycles. The van der Waals surface area contributed by atoms with Gasteiger partial charge in [-0.1, -0.05) is 5.92 Å². The lowest BCUT2D eigenvalue weighted by atomic mass is 10.3. The summed E-state index contributed by atoms with van der Waals surface area (Å²) < 4.78 is 0. The average Bonchev–Trinajstić information content (AvgIpc) is 1.83. The molecule has 2 heteroatoms. The summed E-state index contributed by atoms with van der Waals surface area (Å²) in [6.45, 7) is 2.20. The molecule has 0 fully saturated rings. The molecule has 0 aromatic heterocycles. The zero-order valence-electron chi connectivity index (χ0n) is 4.85. The molecule has 8 heavy (non-hydrogen) atoms. The summed E-state index contributed by atoms with van der Waals surface area (Å²) in [5, 5.41) is 0. The Balaban J connectivity index is 3.46. The van der Waals surface area contributed by atoms with Crippen molar-refractivity contribution in [2.24, 2.45) is 5.90 Å². The minimum Gasteiger partial charge on any atom is -0.300 e. The minimum absolute atomic E-state index is 0.385. The Morgan fingerprint density at radius 2 is 2.62 bits per heavy atom. The molecule has 0 spiro atoms. The van der Waals surface area contributed by atoms with E-state index in [0.717, 1.165) is 5.57 Å². The van der Waals surface area contributed by atoms with Crippen LogP contribution >= 0.6 is 0 Å². The van der Waals surface area contributed by atoms with Gasteiger partial charge in [0, 0.05) is 0 Å². The fourth-order valence-corrected chi connectivity index (χ4v) is 0.232. The van der Waals surface area contributed by atoms with Gasteiger partial charge in [0.05, 0.1) is 6.61 Å². The van der Waals surface area contributed by atoms with Gasteiger partial charge in [0.25, 0.3) is 0 Å². The summed E-state index contributed by atoms with van der Waals surface area (Å²) in [7, 11) is 0. The van der Waals surface area contributed by atoms with E-state index < -0.39 is 0 Å². The van der Waals surface area contributed by atoms with Crippen LogP contribution in [0.1, 0.15) is 6.92 Å². The molecular formula is C6H9NO. The van der Waals surface area contributed by atoms with E-state index in [4.69, 9.17) is 12.3 Å². The number of nitrogens with two attached hydrogens (primary N) is 1. The van der Waals surface area contributed by atoms with Crippen LogP contribution < -0.4 is 5.90 Å². The maximum absolute atomic E-state index is 5.00. The molecule has 44 valence electrons. The Labute approximate surface area is 49.3 Å². The van der Waals surface area contributed by atoms with E-state index in [1.165, 1.54) is 0 Å². The van der Waals surface area contributed by atoms with Crippen LogP contribution in [0, 0.1) is 12.3 Å². The van der Waals surface area contributed by atoms with Crippen molar-refractivity contribution >= 4 is 0 Å². The van der Waals surface area contributed by atoms with Crippen LogP contribution in [0.3, 0.4) is 0 Å². The first-order chi connectivity index (χ1) is 3.81. The maximum atomic E-state index is 5.00. The molecule has 0 saturated carbocycles. The van der Waals surface area contributed by atoms with Gasteiger partial charge in [-0.2, -0.15) is 0 Å². The third kappa shape index (κ3) is 3.41. The van der Waals surface area contributed by atoms with Gasteiger partial charge in [-0.15, -0.1) is 6.42 Å². The van der Waals surface area contributed by atoms with Gasteiger partial charge in [0.1, 0.15) is 0 Å². The van der Waals surface area contributed by atoms with Crippen molar-refractivity contribution in [3.63, 3.8) is 0 Å². The molecule has 0 radical (unpaired) electrons. The Kier molecular flexibility index (Phi) is 3.95. The molecule has 0 aliphatic rings. The van der Waals surface area contributed by atoms with Gasteiger partial charge >= 0.3 is 0 Å². The van der Waals surface area contributed by atoms with Crippen LogP contribution in [-0.2, 0) is 4.84 Å². The van der Waals surface area contributed by atoms with Gasteiger partial charge in [-0.25, -0.2) is 5.90 Å². The van der Waals surface area contributed by atoms with Crippen LogP contribution in [0.5, 0.6) is 0 Å². The third-order valence-electron chi connectivity index (χ3n) is 0.713. The number of hydrogen-bond donors (Lipinski definition) is 1. The first-order valence-corrected chi connectivity index (χ1v) is 2.26. The molecule has 0 aliphatic carbocycles. The molecule has 0 aromatic rings. The number of allylic oxidation sites excluding steroid dienone is 1. The third-order valence-corrected chi connectivity index (χ3v) is 0.713. The summed E-state index contributed by atoms with van der Waals surface area (Å²) in [5.41, 5.74) is 0.843. The predicted octanol–water partition coefficient (Wildman–Crippen LogP) is 0.456. The molecule has 0 bridgehead atoms. The monoisotopic (exact) mass is 111 g/mol. The van der Waals surface area contributed by atoms with Crippen LogP contribution in [0.15, 0.2) is 11.6 Å². The second-order valence-corrected chi connectivity index (χ2v) is 1.36. The number of terminal acetylenes is 1. The van der Waals surface area contributed by atoms with Crippen molar-refractivity contribution in [1.82, 2.24) is 0 Å². The standard InChI is InChI=1S/C6H9NO/c1-3-6(2)4-5-8-7/h1,4H,5,7H2,2H3/b6-4-. The summed E-state index contributed by atoms with van der Waals surface area (Å²) in [6, 6.07) is 0. The molecular weight excluding hydrogens is 102 g/mol. The van der Waals surface area contributed by atoms with E-state index in [0.29, 0.717) is 6.61 Å². The van der Waals surface area contributed by atoms with Crippen molar-refractivity contribution in [3.05, 3.63) is 11.6 Å². The summed E-state index contributed by atoms with van der Waals surface area (Å²) >= 11 is 0. The maximum Gasteiger partial charge on any atom is 0.0872 e. The fourth-order valence-electron chi connectivity index (χ4n) is 0.232. The van der Waals surface area contributed by atoms with Crippen molar-refractivity contribution in [3.8, 4) is 12.3 Å². The summed E-state index contributed by atoms with van der Waals surface area (Å²) in [4.78, 5) is 4.24. The highest BCUT2D eigenvalue weighted by atomic mass is 16.6. The van der Waals surface area contributed by atoms with E-state index in [1.54, 1.807) is 6.08 Å². The number of hydrogen-bond acceptors (Lipinski definition) is 2. The van der Waals surface area contributed by atoms with Gasteiger partial charge in [-0.3, -0.25) is 0 Å². The molecule has 2 nitrogen and oxygen atoms in total. The van der Waals surface area contributed by atoms with Gasteiger partial charge in [0.15, 0.2) is 0 Å². The Morgan fingerprint density at radius 3 is 3.00 bits per heavy atom. The lowest BCUT2D eigenvalue weighted by molar-refractivity contribution is 0.167. The highest BCUT2D eigenvalue weighted by Crippen LogP contribution is 1.85. The molecule has 0 rings (SSSR count). The molecule has 0 amide bonds. The van der Waals surface area contributed by atoms with Crippen LogP contribution in [0.2, 0.25) is 0 Å². The summed E-state index contributed by atoms with van der Waals surface area (Å²) in [5.74, 6) is 7.14. The van der Waals surface area contributed by atoms with E-state index in [9.17, 15) is 0 Å². The van der Waals surface area contributed by atoms with Gasteiger partial charge in [0.2, 0.25) is 0 Å². The smallest absolute Gasteiger partial charge is 0.0872 e.